The number of aromatic carboxylic acids is 1. The zero-order chi connectivity index (χ0) is 14.1. The summed E-state index contributed by atoms with van der Waals surface area (Å²) in [5, 5.41) is 9.26. The number of carboxylic acid groups (broad SMARTS) is 1. The largest absolute Gasteiger partial charge is 0.486 e. The first-order valence-corrected chi connectivity index (χ1v) is 6.08. The highest BCUT2D eigenvalue weighted by molar-refractivity contribution is 5.94. The molecule has 0 bridgehead atoms. The van der Waals surface area contributed by atoms with E-state index in [1.54, 1.807) is 18.2 Å². The van der Waals surface area contributed by atoms with Crippen LogP contribution in [0.4, 0.5) is 4.39 Å². The van der Waals surface area contributed by atoms with Crippen LogP contribution >= 0.6 is 0 Å². The molecule has 20 heavy (non-hydrogen) atoms. The highest BCUT2D eigenvalue weighted by Gasteiger charge is 2.22. The van der Waals surface area contributed by atoms with Crippen LogP contribution in [-0.4, -0.2) is 24.3 Å². The molecule has 4 nitrogen and oxygen atoms in total. The summed E-state index contributed by atoms with van der Waals surface area (Å²) in [4.78, 5) is 11.3. The molecular weight excluding hydrogens is 263 g/mol. The smallest absolute Gasteiger partial charge is 0.339 e. The van der Waals surface area contributed by atoms with Crippen LogP contribution in [0.3, 0.4) is 0 Å². The fourth-order valence-electron chi connectivity index (χ4n) is 2.15. The molecule has 0 aliphatic carbocycles. The number of fused-ring (bicyclic) bond motifs is 1. The molecule has 3 rings (SSSR count). The molecule has 1 heterocycles. The number of carboxylic acids is 1. The average Bonchev–Trinajstić information content (AvgIpc) is 2.46. The second kappa shape index (κ2) is 4.85. The number of halogens is 1. The Labute approximate surface area is 114 Å². The van der Waals surface area contributed by atoms with E-state index < -0.39 is 5.97 Å². The van der Waals surface area contributed by atoms with Crippen molar-refractivity contribution in [2.24, 2.45) is 0 Å². The number of hydrogen-bond donors (Lipinski definition) is 1. The SMILES string of the molecule is O=C(O)c1cc(-c2cccc(F)c2)cc2c1OCCO2. The number of carbonyl (C=O) groups is 1. The van der Waals surface area contributed by atoms with Crippen LogP contribution in [0.5, 0.6) is 11.5 Å². The number of hydrogen-bond acceptors (Lipinski definition) is 3. The van der Waals surface area contributed by atoms with E-state index in [1.165, 1.54) is 18.2 Å². The summed E-state index contributed by atoms with van der Waals surface area (Å²) < 4.78 is 24.1. The highest BCUT2D eigenvalue weighted by Crippen LogP contribution is 2.38. The second-order valence-electron chi connectivity index (χ2n) is 4.36. The summed E-state index contributed by atoms with van der Waals surface area (Å²) in [5.74, 6) is -0.890. The maximum atomic E-state index is 13.3. The monoisotopic (exact) mass is 274 g/mol. The predicted octanol–water partition coefficient (Wildman–Crippen LogP) is 2.96. The van der Waals surface area contributed by atoms with E-state index in [-0.39, 0.29) is 17.1 Å². The molecule has 0 fully saturated rings. The van der Waals surface area contributed by atoms with E-state index in [4.69, 9.17) is 9.47 Å². The standard InChI is InChI=1S/C15H11FO4/c16-11-3-1-2-9(6-11)10-7-12(15(17)18)14-13(8-10)19-4-5-20-14/h1-3,6-8H,4-5H2,(H,17,18). The van der Waals surface area contributed by atoms with E-state index in [9.17, 15) is 14.3 Å². The lowest BCUT2D eigenvalue weighted by molar-refractivity contribution is 0.0686. The summed E-state index contributed by atoms with van der Waals surface area (Å²) in [6.45, 7) is 0.672. The van der Waals surface area contributed by atoms with Crippen molar-refractivity contribution in [1.29, 1.82) is 0 Å². The van der Waals surface area contributed by atoms with Crippen molar-refractivity contribution >= 4 is 5.97 Å². The third-order valence-electron chi connectivity index (χ3n) is 3.03. The van der Waals surface area contributed by atoms with Gasteiger partial charge in [0.05, 0.1) is 0 Å². The first kappa shape index (κ1) is 12.5. The number of benzene rings is 2. The molecule has 0 unspecified atom stereocenters. The third-order valence-corrected chi connectivity index (χ3v) is 3.03. The molecule has 1 aliphatic rings. The molecule has 1 aliphatic heterocycles. The van der Waals surface area contributed by atoms with E-state index in [2.05, 4.69) is 0 Å². The highest BCUT2D eigenvalue weighted by atomic mass is 19.1. The van der Waals surface area contributed by atoms with E-state index in [0.29, 0.717) is 30.1 Å². The minimum atomic E-state index is -1.11. The maximum absolute atomic E-state index is 13.3. The van der Waals surface area contributed by atoms with Gasteiger partial charge in [0.25, 0.3) is 0 Å². The maximum Gasteiger partial charge on any atom is 0.339 e. The summed E-state index contributed by atoms with van der Waals surface area (Å²) >= 11 is 0. The third kappa shape index (κ3) is 2.18. The lowest BCUT2D eigenvalue weighted by Crippen LogP contribution is -2.18. The van der Waals surface area contributed by atoms with Crippen molar-refractivity contribution in [3.8, 4) is 22.6 Å². The normalized spacial score (nSPS) is 13.1. The molecule has 0 saturated heterocycles. The van der Waals surface area contributed by atoms with Crippen LogP contribution in [0.25, 0.3) is 11.1 Å². The molecule has 5 heteroatoms. The minimum Gasteiger partial charge on any atom is -0.486 e. The second-order valence-corrected chi connectivity index (χ2v) is 4.36. The van der Waals surface area contributed by atoms with Gasteiger partial charge in [-0.2, -0.15) is 0 Å². The summed E-state index contributed by atoms with van der Waals surface area (Å²) in [7, 11) is 0. The first-order chi connectivity index (χ1) is 9.65. The molecular formula is C15H11FO4. The van der Waals surface area contributed by atoms with Gasteiger partial charge in [-0.25, -0.2) is 9.18 Å². The summed E-state index contributed by atoms with van der Waals surface area (Å²) in [6, 6.07) is 9.08. The molecule has 0 spiro atoms. The first-order valence-electron chi connectivity index (χ1n) is 6.08. The van der Waals surface area contributed by atoms with Gasteiger partial charge in [-0.3, -0.25) is 0 Å². The Hall–Kier alpha value is -2.56. The van der Waals surface area contributed by atoms with Gasteiger partial charge >= 0.3 is 5.97 Å². The van der Waals surface area contributed by atoms with Gasteiger partial charge in [0.15, 0.2) is 11.5 Å². The molecule has 2 aromatic rings. The average molecular weight is 274 g/mol. The Kier molecular flexibility index (Phi) is 3.02. The molecule has 1 N–H and O–H groups in total. The van der Waals surface area contributed by atoms with Gasteiger partial charge in [0.1, 0.15) is 24.6 Å². The van der Waals surface area contributed by atoms with E-state index in [0.717, 1.165) is 0 Å². The molecule has 0 radical (unpaired) electrons. The zero-order valence-electron chi connectivity index (χ0n) is 10.4. The Morgan fingerprint density at radius 1 is 1.10 bits per heavy atom. The van der Waals surface area contributed by atoms with Crippen molar-refractivity contribution < 1.29 is 23.8 Å². The van der Waals surface area contributed by atoms with Gasteiger partial charge in [0, 0.05) is 0 Å². The van der Waals surface area contributed by atoms with Crippen LogP contribution < -0.4 is 9.47 Å². The van der Waals surface area contributed by atoms with Gasteiger partial charge < -0.3 is 14.6 Å². The van der Waals surface area contributed by atoms with Crippen molar-refractivity contribution in [2.75, 3.05) is 13.2 Å². The Bertz CT molecular complexity index is 682. The van der Waals surface area contributed by atoms with Crippen molar-refractivity contribution in [3.05, 3.63) is 47.8 Å². The van der Waals surface area contributed by atoms with Crippen LogP contribution in [0.15, 0.2) is 36.4 Å². The van der Waals surface area contributed by atoms with E-state index >= 15 is 0 Å². The Balaban J connectivity index is 2.17. The van der Waals surface area contributed by atoms with Crippen molar-refractivity contribution in [3.63, 3.8) is 0 Å². The predicted molar refractivity (Wildman–Crippen MR) is 69.8 cm³/mol. The quantitative estimate of drug-likeness (QED) is 0.914. The van der Waals surface area contributed by atoms with Crippen molar-refractivity contribution in [2.45, 2.75) is 0 Å². The van der Waals surface area contributed by atoms with Gasteiger partial charge in [-0.15, -0.1) is 0 Å². The fourth-order valence-corrected chi connectivity index (χ4v) is 2.15. The van der Waals surface area contributed by atoms with Gasteiger partial charge in [-0.05, 0) is 35.4 Å². The lowest BCUT2D eigenvalue weighted by atomic mass is 10.0. The fraction of sp³-hybridized carbons (Fsp3) is 0.133. The number of ether oxygens (including phenoxy) is 2. The number of rotatable bonds is 2. The minimum absolute atomic E-state index is 0.0152. The molecule has 2 aromatic carbocycles. The van der Waals surface area contributed by atoms with Crippen molar-refractivity contribution in [1.82, 2.24) is 0 Å². The molecule has 102 valence electrons. The van der Waals surface area contributed by atoms with Gasteiger partial charge in [-0.1, -0.05) is 12.1 Å². The van der Waals surface area contributed by atoms with Gasteiger partial charge in [0.2, 0.25) is 0 Å². The summed E-state index contributed by atoms with van der Waals surface area (Å²) in [5.41, 5.74) is 1.18. The van der Waals surface area contributed by atoms with Crippen LogP contribution in [-0.2, 0) is 0 Å². The molecule has 0 amide bonds. The Morgan fingerprint density at radius 3 is 2.65 bits per heavy atom. The lowest BCUT2D eigenvalue weighted by Gasteiger charge is -2.21. The molecule has 0 saturated carbocycles. The Morgan fingerprint density at radius 2 is 1.90 bits per heavy atom. The molecule has 0 atom stereocenters. The van der Waals surface area contributed by atoms with Crippen LogP contribution in [0.1, 0.15) is 10.4 Å². The van der Waals surface area contributed by atoms with E-state index in [1.807, 2.05) is 0 Å². The van der Waals surface area contributed by atoms with Crippen LogP contribution in [0.2, 0.25) is 0 Å². The molecule has 0 aromatic heterocycles. The topological polar surface area (TPSA) is 55.8 Å². The summed E-state index contributed by atoms with van der Waals surface area (Å²) in [6.07, 6.45) is 0. The van der Waals surface area contributed by atoms with Crippen LogP contribution in [0, 0.1) is 5.82 Å². The zero-order valence-corrected chi connectivity index (χ0v) is 10.4.